The number of esters is 1. The number of carbonyl (C=O) groups is 1. The zero-order valence-electron chi connectivity index (χ0n) is 10.3. The van der Waals surface area contributed by atoms with E-state index in [1.54, 1.807) is 26.2 Å². The van der Waals surface area contributed by atoms with Crippen molar-refractivity contribution in [2.75, 3.05) is 21.2 Å². The molecule has 5 heteroatoms. The van der Waals surface area contributed by atoms with E-state index in [0.29, 0.717) is 18.1 Å². The normalized spacial score (nSPS) is 10.9. The molecule has 0 fully saturated rings. The van der Waals surface area contributed by atoms with Crippen molar-refractivity contribution in [3.63, 3.8) is 0 Å². The highest BCUT2D eigenvalue weighted by molar-refractivity contribution is 5.89. The average Bonchev–Trinajstić information content (AvgIpc) is 2.39. The van der Waals surface area contributed by atoms with Crippen molar-refractivity contribution < 1.29 is 9.53 Å². The molecule has 17 heavy (non-hydrogen) atoms. The van der Waals surface area contributed by atoms with Gasteiger partial charge in [0.25, 0.3) is 0 Å². The molecule has 2 N–H and O–H groups in total. The number of rotatable bonds is 3. The summed E-state index contributed by atoms with van der Waals surface area (Å²) in [6.07, 6.45) is 0. The largest absolute Gasteiger partial charge is 0.465 e. The summed E-state index contributed by atoms with van der Waals surface area (Å²) in [5.41, 5.74) is 1.54. The Morgan fingerprint density at radius 2 is 2.24 bits per heavy atom. The molecule has 0 aliphatic heterocycles. The fraction of sp³-hybridized carbons (Fsp3) is 0.333. The van der Waals surface area contributed by atoms with Gasteiger partial charge < -0.3 is 15.4 Å². The Kier molecular flexibility index (Phi) is 5.00. The van der Waals surface area contributed by atoms with Crippen molar-refractivity contribution in [1.29, 1.82) is 0 Å². The van der Waals surface area contributed by atoms with Crippen LogP contribution in [-0.2, 0) is 11.3 Å². The van der Waals surface area contributed by atoms with Gasteiger partial charge in [0.15, 0.2) is 5.96 Å². The highest BCUT2D eigenvalue weighted by Gasteiger charge is 2.05. The Bertz CT molecular complexity index is 416. The molecule has 0 saturated carbocycles. The predicted molar refractivity (Wildman–Crippen MR) is 67.0 cm³/mol. The van der Waals surface area contributed by atoms with Crippen molar-refractivity contribution in [1.82, 2.24) is 10.6 Å². The van der Waals surface area contributed by atoms with Crippen LogP contribution in [-0.4, -0.2) is 33.1 Å². The smallest absolute Gasteiger partial charge is 0.337 e. The molecule has 0 heterocycles. The van der Waals surface area contributed by atoms with Gasteiger partial charge in [-0.1, -0.05) is 12.1 Å². The second-order valence-electron chi connectivity index (χ2n) is 3.37. The van der Waals surface area contributed by atoms with Crippen LogP contribution in [0.15, 0.2) is 29.3 Å². The molecule has 0 aliphatic rings. The van der Waals surface area contributed by atoms with Gasteiger partial charge in [-0.25, -0.2) is 4.79 Å². The highest BCUT2D eigenvalue weighted by Crippen LogP contribution is 2.06. The first-order valence-corrected chi connectivity index (χ1v) is 5.27. The van der Waals surface area contributed by atoms with Gasteiger partial charge in [-0.15, -0.1) is 0 Å². The standard InChI is InChI=1S/C12H17N3O2/c1-13-12(14-2)15-8-9-5-4-6-10(7-9)11(16)17-3/h4-7H,8H2,1-3H3,(H2,13,14,15). The van der Waals surface area contributed by atoms with Gasteiger partial charge in [0, 0.05) is 20.6 Å². The van der Waals surface area contributed by atoms with Gasteiger partial charge in [0.2, 0.25) is 0 Å². The minimum atomic E-state index is -0.329. The van der Waals surface area contributed by atoms with Crippen molar-refractivity contribution in [2.45, 2.75) is 6.54 Å². The first kappa shape index (κ1) is 13.0. The van der Waals surface area contributed by atoms with Crippen LogP contribution in [0.1, 0.15) is 15.9 Å². The first-order valence-electron chi connectivity index (χ1n) is 5.27. The SMILES string of the molecule is CN=C(NC)NCc1cccc(C(=O)OC)c1. The molecule has 0 spiro atoms. The molecule has 1 aromatic carbocycles. The van der Waals surface area contributed by atoms with E-state index < -0.39 is 0 Å². The number of carbonyl (C=O) groups excluding carboxylic acids is 1. The second-order valence-corrected chi connectivity index (χ2v) is 3.37. The molecule has 0 aromatic heterocycles. The quantitative estimate of drug-likeness (QED) is 0.461. The lowest BCUT2D eigenvalue weighted by molar-refractivity contribution is 0.0600. The van der Waals surface area contributed by atoms with Crippen LogP contribution in [0.3, 0.4) is 0 Å². The van der Waals surface area contributed by atoms with Crippen LogP contribution < -0.4 is 10.6 Å². The summed E-state index contributed by atoms with van der Waals surface area (Å²) in [7, 11) is 4.86. The van der Waals surface area contributed by atoms with Crippen LogP contribution >= 0.6 is 0 Å². The van der Waals surface area contributed by atoms with Crippen molar-refractivity contribution >= 4 is 11.9 Å². The Balaban J connectivity index is 2.69. The van der Waals surface area contributed by atoms with E-state index in [2.05, 4.69) is 20.4 Å². The minimum Gasteiger partial charge on any atom is -0.465 e. The first-order chi connectivity index (χ1) is 8.21. The van der Waals surface area contributed by atoms with Crippen LogP contribution in [0, 0.1) is 0 Å². The summed E-state index contributed by atoms with van der Waals surface area (Å²) >= 11 is 0. The number of ether oxygens (including phenoxy) is 1. The predicted octanol–water partition coefficient (Wildman–Crippen LogP) is 0.768. The maximum Gasteiger partial charge on any atom is 0.337 e. The highest BCUT2D eigenvalue weighted by atomic mass is 16.5. The number of nitrogens with one attached hydrogen (secondary N) is 2. The lowest BCUT2D eigenvalue weighted by atomic mass is 10.1. The monoisotopic (exact) mass is 235 g/mol. The molecule has 1 aromatic rings. The minimum absolute atomic E-state index is 0.329. The summed E-state index contributed by atoms with van der Waals surface area (Å²) < 4.78 is 4.66. The van der Waals surface area contributed by atoms with E-state index in [1.807, 2.05) is 12.1 Å². The van der Waals surface area contributed by atoms with E-state index in [-0.39, 0.29) is 5.97 Å². The van der Waals surface area contributed by atoms with Gasteiger partial charge in [-0.05, 0) is 17.7 Å². The van der Waals surface area contributed by atoms with E-state index in [4.69, 9.17) is 0 Å². The Labute approximate surface area is 101 Å². The maximum atomic E-state index is 11.3. The Morgan fingerprint density at radius 3 is 2.82 bits per heavy atom. The zero-order chi connectivity index (χ0) is 12.7. The third-order valence-corrected chi connectivity index (χ3v) is 2.27. The Morgan fingerprint density at radius 1 is 1.47 bits per heavy atom. The van der Waals surface area contributed by atoms with Gasteiger partial charge in [0.05, 0.1) is 12.7 Å². The molecule has 0 amide bonds. The third kappa shape index (κ3) is 3.79. The van der Waals surface area contributed by atoms with Crippen LogP contribution in [0.5, 0.6) is 0 Å². The van der Waals surface area contributed by atoms with Gasteiger partial charge >= 0.3 is 5.97 Å². The fourth-order valence-corrected chi connectivity index (χ4v) is 1.39. The van der Waals surface area contributed by atoms with Crippen LogP contribution in [0.2, 0.25) is 0 Å². The molecule has 0 atom stereocenters. The fourth-order valence-electron chi connectivity index (χ4n) is 1.39. The van der Waals surface area contributed by atoms with E-state index in [9.17, 15) is 4.79 Å². The number of aliphatic imine (C=N–C) groups is 1. The molecular weight excluding hydrogens is 218 g/mol. The number of methoxy groups -OCH3 is 1. The zero-order valence-corrected chi connectivity index (χ0v) is 10.3. The molecule has 0 aliphatic carbocycles. The Hall–Kier alpha value is -2.04. The summed E-state index contributed by atoms with van der Waals surface area (Å²) in [5.74, 6) is 0.373. The number of benzene rings is 1. The number of guanidine groups is 1. The molecule has 0 unspecified atom stereocenters. The van der Waals surface area contributed by atoms with Crippen molar-refractivity contribution in [2.24, 2.45) is 4.99 Å². The lowest BCUT2D eigenvalue weighted by Crippen LogP contribution is -2.34. The molecule has 0 radical (unpaired) electrons. The molecule has 1 rings (SSSR count). The van der Waals surface area contributed by atoms with Crippen LogP contribution in [0.4, 0.5) is 0 Å². The molecular formula is C12H17N3O2. The molecule has 5 nitrogen and oxygen atoms in total. The molecule has 0 bridgehead atoms. The average molecular weight is 235 g/mol. The van der Waals surface area contributed by atoms with Gasteiger partial charge in [0.1, 0.15) is 0 Å². The van der Waals surface area contributed by atoms with Gasteiger partial charge in [-0.3, -0.25) is 4.99 Å². The summed E-state index contributed by atoms with van der Waals surface area (Å²) in [5, 5.41) is 6.02. The number of nitrogens with zero attached hydrogens (tertiary/aromatic N) is 1. The molecule has 0 saturated heterocycles. The topological polar surface area (TPSA) is 62.7 Å². The van der Waals surface area contributed by atoms with E-state index in [1.165, 1.54) is 7.11 Å². The third-order valence-electron chi connectivity index (χ3n) is 2.27. The van der Waals surface area contributed by atoms with Crippen molar-refractivity contribution in [3.8, 4) is 0 Å². The number of hydrogen-bond acceptors (Lipinski definition) is 3. The van der Waals surface area contributed by atoms with Gasteiger partial charge in [-0.2, -0.15) is 0 Å². The summed E-state index contributed by atoms with van der Waals surface area (Å²) in [6, 6.07) is 7.28. The lowest BCUT2D eigenvalue weighted by Gasteiger charge is -2.09. The van der Waals surface area contributed by atoms with E-state index >= 15 is 0 Å². The summed E-state index contributed by atoms with van der Waals surface area (Å²) in [6.45, 7) is 0.596. The van der Waals surface area contributed by atoms with Crippen LogP contribution in [0.25, 0.3) is 0 Å². The number of hydrogen-bond donors (Lipinski definition) is 2. The molecule has 92 valence electrons. The van der Waals surface area contributed by atoms with Crippen molar-refractivity contribution in [3.05, 3.63) is 35.4 Å². The maximum absolute atomic E-state index is 11.3. The second kappa shape index (κ2) is 6.52. The summed E-state index contributed by atoms with van der Waals surface area (Å²) in [4.78, 5) is 15.3. The van der Waals surface area contributed by atoms with E-state index in [0.717, 1.165) is 5.56 Å².